The van der Waals surface area contributed by atoms with Crippen molar-refractivity contribution in [3.05, 3.63) is 77.5 Å². The third-order valence-corrected chi connectivity index (χ3v) is 5.89. The molecule has 0 aliphatic carbocycles. The number of anilines is 4. The molecule has 1 aliphatic heterocycles. The lowest BCUT2D eigenvalue weighted by atomic mass is 10.1. The summed E-state index contributed by atoms with van der Waals surface area (Å²) in [5, 5.41) is 6.02. The smallest absolute Gasteiger partial charge is 0.380 e. The van der Waals surface area contributed by atoms with Crippen molar-refractivity contribution in [3.8, 4) is 0 Å². The maximum absolute atomic E-state index is 13.5. The Hall–Kier alpha value is -4.42. The molecule has 38 heavy (non-hydrogen) atoms. The second-order valence-electron chi connectivity index (χ2n) is 8.56. The van der Waals surface area contributed by atoms with E-state index in [1.54, 1.807) is 24.3 Å². The fraction of sp³-hybridized carbons (Fsp3) is 0.240. The molecular formula is C25H23F5N6O2. The zero-order valence-electron chi connectivity index (χ0n) is 19.9. The van der Waals surface area contributed by atoms with Crippen molar-refractivity contribution >= 4 is 34.7 Å². The van der Waals surface area contributed by atoms with E-state index in [2.05, 4.69) is 15.6 Å². The van der Waals surface area contributed by atoms with E-state index >= 15 is 0 Å². The molecule has 1 aromatic heterocycles. The summed E-state index contributed by atoms with van der Waals surface area (Å²) in [5.41, 5.74) is 7.56. The van der Waals surface area contributed by atoms with Gasteiger partial charge in [-0.15, -0.1) is 0 Å². The summed E-state index contributed by atoms with van der Waals surface area (Å²) in [6.45, 7) is 0.470. The minimum absolute atomic E-state index is 0.0228. The Bertz CT molecular complexity index is 1300. The molecule has 2 amide bonds. The fourth-order valence-electron chi connectivity index (χ4n) is 4.03. The number of nitrogens with two attached hydrogens (primary N) is 1. The highest BCUT2D eigenvalue weighted by Crippen LogP contribution is 2.26. The molecule has 2 aromatic carbocycles. The van der Waals surface area contributed by atoms with Gasteiger partial charge in [0.25, 0.3) is 5.91 Å². The number of primary amides is 1. The second kappa shape index (κ2) is 10.9. The van der Waals surface area contributed by atoms with Crippen LogP contribution in [-0.4, -0.2) is 54.1 Å². The van der Waals surface area contributed by atoms with E-state index in [4.69, 9.17) is 5.73 Å². The first-order valence-electron chi connectivity index (χ1n) is 11.5. The molecule has 4 rings (SSSR count). The highest BCUT2D eigenvalue weighted by Gasteiger charge is 2.43. The van der Waals surface area contributed by atoms with Gasteiger partial charge in [-0.05, 0) is 42.0 Å². The van der Waals surface area contributed by atoms with Crippen molar-refractivity contribution in [1.29, 1.82) is 0 Å². The quantitative estimate of drug-likeness (QED) is 0.396. The van der Waals surface area contributed by atoms with Crippen LogP contribution in [0.3, 0.4) is 0 Å². The number of nitrogens with zero attached hydrogens (tertiary/aromatic N) is 3. The van der Waals surface area contributed by atoms with Crippen LogP contribution in [0.1, 0.15) is 15.9 Å². The normalized spacial score (nSPS) is 13.8. The van der Waals surface area contributed by atoms with E-state index in [0.29, 0.717) is 22.8 Å². The molecule has 1 fully saturated rings. The van der Waals surface area contributed by atoms with E-state index < -0.39 is 29.6 Å². The molecule has 8 nitrogen and oxygen atoms in total. The van der Waals surface area contributed by atoms with Gasteiger partial charge in [-0.2, -0.15) is 13.2 Å². The molecule has 3 aromatic rings. The van der Waals surface area contributed by atoms with E-state index in [0.717, 1.165) is 28.8 Å². The average molecular weight is 534 g/mol. The maximum atomic E-state index is 13.5. The van der Waals surface area contributed by atoms with Gasteiger partial charge in [0, 0.05) is 62.4 Å². The number of halogens is 5. The van der Waals surface area contributed by atoms with Crippen molar-refractivity contribution < 1.29 is 31.5 Å². The summed E-state index contributed by atoms with van der Waals surface area (Å²) in [4.78, 5) is 30.1. The standard InChI is InChI=1S/C25H23F5N6O2/c26-16-9-15(10-17(27)11-16)13-32-21-12-22(33-14-20(21)23(31)37)34-18-1-3-19(4-2-18)35-5-7-36(8-6-35)24(38)25(28,29)30/h1-4,9-12,14H,5-8,13H2,(H2,31,37)(H2,32,33,34). The molecule has 4 N–H and O–H groups in total. The number of alkyl halides is 3. The summed E-state index contributed by atoms with van der Waals surface area (Å²) in [6.07, 6.45) is -3.61. The Morgan fingerprint density at radius 3 is 2.16 bits per heavy atom. The number of benzene rings is 2. The van der Waals surface area contributed by atoms with Crippen LogP contribution in [0.5, 0.6) is 0 Å². The third kappa shape index (κ3) is 6.47. The van der Waals surface area contributed by atoms with Gasteiger partial charge in [-0.1, -0.05) is 0 Å². The van der Waals surface area contributed by atoms with Gasteiger partial charge in [0.15, 0.2) is 0 Å². The van der Waals surface area contributed by atoms with Crippen molar-refractivity contribution in [2.75, 3.05) is 41.7 Å². The molecule has 0 radical (unpaired) electrons. The number of hydrogen-bond donors (Lipinski definition) is 3. The number of carbonyl (C=O) groups is 2. The zero-order chi connectivity index (χ0) is 27.4. The van der Waals surface area contributed by atoms with Crippen LogP contribution < -0.4 is 21.3 Å². The van der Waals surface area contributed by atoms with Gasteiger partial charge in [-0.25, -0.2) is 13.8 Å². The molecule has 2 heterocycles. The Labute approximate surface area is 214 Å². The molecule has 0 atom stereocenters. The lowest BCUT2D eigenvalue weighted by Crippen LogP contribution is -2.52. The number of pyridine rings is 1. The zero-order valence-corrected chi connectivity index (χ0v) is 19.9. The highest BCUT2D eigenvalue weighted by molar-refractivity contribution is 5.98. The minimum Gasteiger partial charge on any atom is -0.380 e. The molecule has 0 spiro atoms. The summed E-state index contributed by atoms with van der Waals surface area (Å²) in [6, 6.07) is 11.7. The molecule has 0 unspecified atom stereocenters. The fourth-order valence-corrected chi connectivity index (χ4v) is 4.03. The Balaban J connectivity index is 1.41. The van der Waals surface area contributed by atoms with Gasteiger partial charge in [0.05, 0.1) is 11.3 Å². The van der Waals surface area contributed by atoms with Crippen LogP contribution in [-0.2, 0) is 11.3 Å². The van der Waals surface area contributed by atoms with Crippen LogP contribution in [0.2, 0.25) is 0 Å². The van der Waals surface area contributed by atoms with Gasteiger partial charge < -0.3 is 26.2 Å². The number of aromatic nitrogens is 1. The molecule has 200 valence electrons. The highest BCUT2D eigenvalue weighted by atomic mass is 19.4. The van der Waals surface area contributed by atoms with Crippen molar-refractivity contribution in [1.82, 2.24) is 9.88 Å². The first-order valence-corrected chi connectivity index (χ1v) is 11.5. The third-order valence-electron chi connectivity index (χ3n) is 5.89. The molecule has 1 aliphatic rings. The van der Waals surface area contributed by atoms with Crippen LogP contribution in [0.25, 0.3) is 0 Å². The molecular weight excluding hydrogens is 511 g/mol. The summed E-state index contributed by atoms with van der Waals surface area (Å²) < 4.78 is 64.9. The van der Waals surface area contributed by atoms with Crippen molar-refractivity contribution in [3.63, 3.8) is 0 Å². The SMILES string of the molecule is NC(=O)c1cnc(Nc2ccc(N3CCN(C(=O)C(F)(F)F)CC3)cc2)cc1NCc1cc(F)cc(F)c1. The van der Waals surface area contributed by atoms with Crippen molar-refractivity contribution in [2.24, 2.45) is 5.73 Å². The predicted octanol–water partition coefficient (Wildman–Crippen LogP) is 4.03. The van der Waals surface area contributed by atoms with E-state index in [1.165, 1.54) is 12.3 Å². The molecule has 0 saturated carbocycles. The van der Waals surface area contributed by atoms with E-state index in [1.807, 2.05) is 4.90 Å². The number of nitrogens with one attached hydrogen (secondary N) is 2. The number of hydrogen-bond acceptors (Lipinski definition) is 6. The monoisotopic (exact) mass is 534 g/mol. The van der Waals surface area contributed by atoms with Gasteiger partial charge in [-0.3, -0.25) is 9.59 Å². The average Bonchev–Trinajstić information content (AvgIpc) is 2.86. The van der Waals surface area contributed by atoms with Crippen LogP contribution in [0.15, 0.2) is 54.7 Å². The predicted molar refractivity (Wildman–Crippen MR) is 131 cm³/mol. The number of piperazine rings is 1. The number of amides is 2. The molecule has 0 bridgehead atoms. The molecule has 13 heteroatoms. The van der Waals surface area contributed by atoms with Crippen LogP contribution in [0, 0.1) is 11.6 Å². The number of rotatable bonds is 7. The molecule has 1 saturated heterocycles. The van der Waals surface area contributed by atoms with Crippen LogP contribution in [0.4, 0.5) is 44.8 Å². The van der Waals surface area contributed by atoms with E-state index in [-0.39, 0.29) is 38.3 Å². The van der Waals surface area contributed by atoms with Gasteiger partial charge >= 0.3 is 12.1 Å². The van der Waals surface area contributed by atoms with E-state index in [9.17, 15) is 31.5 Å². The van der Waals surface area contributed by atoms with Gasteiger partial charge in [0.2, 0.25) is 0 Å². The summed E-state index contributed by atoms with van der Waals surface area (Å²) >= 11 is 0. The Morgan fingerprint density at radius 2 is 1.58 bits per heavy atom. The first-order chi connectivity index (χ1) is 18.0. The lowest BCUT2D eigenvalue weighted by molar-refractivity contribution is -0.185. The largest absolute Gasteiger partial charge is 0.471 e. The minimum atomic E-state index is -4.88. The lowest BCUT2D eigenvalue weighted by Gasteiger charge is -2.36. The second-order valence-corrected chi connectivity index (χ2v) is 8.56. The van der Waals surface area contributed by atoms with Crippen LogP contribution >= 0.6 is 0 Å². The summed E-state index contributed by atoms with van der Waals surface area (Å²) in [7, 11) is 0. The Morgan fingerprint density at radius 1 is 0.947 bits per heavy atom. The van der Waals surface area contributed by atoms with Gasteiger partial charge in [0.1, 0.15) is 17.5 Å². The first kappa shape index (κ1) is 26.6. The summed E-state index contributed by atoms with van der Waals surface area (Å²) in [5.74, 6) is -3.67. The number of carbonyl (C=O) groups excluding carboxylic acids is 2. The topological polar surface area (TPSA) is 104 Å². The van der Waals surface area contributed by atoms with Crippen molar-refractivity contribution in [2.45, 2.75) is 12.7 Å². The Kier molecular flexibility index (Phi) is 7.65. The maximum Gasteiger partial charge on any atom is 0.471 e.